The summed E-state index contributed by atoms with van der Waals surface area (Å²) in [5, 5.41) is 8.05. The largest absolute Gasteiger partial charge is 0.478 e. The molecule has 0 atom stereocenters. The number of carbonyl (C=O) groups is 1. The number of carboxylic acid groups (broad SMARTS) is 1. The molecule has 54 valence electrons. The maximum Gasteiger partial charge on any atom is 0.327 e. The van der Waals surface area contributed by atoms with Crippen LogP contribution in [0.25, 0.3) is 0 Å². The van der Waals surface area contributed by atoms with Crippen molar-refractivity contribution in [1.82, 2.24) is 0 Å². The topological polar surface area (TPSA) is 68.8 Å². The molecule has 0 aliphatic carbocycles. The third kappa shape index (κ3) is 11.0. The van der Waals surface area contributed by atoms with E-state index < -0.39 is 5.97 Å². The fourth-order valence-electron chi connectivity index (χ4n) is 0.351. The average Bonchev–Trinajstić information content (AvgIpc) is 1.66. The summed E-state index contributed by atoms with van der Waals surface area (Å²) in [6.07, 6.45) is 4.68. The van der Waals surface area contributed by atoms with Crippen molar-refractivity contribution >= 4 is 5.97 Å². The Labute approximate surface area is 54.3 Å². The van der Waals surface area contributed by atoms with Crippen molar-refractivity contribution in [3.05, 3.63) is 12.2 Å². The third-order valence-electron chi connectivity index (χ3n) is 0.716. The molecule has 0 bridgehead atoms. The maximum absolute atomic E-state index is 9.79. The van der Waals surface area contributed by atoms with Crippen molar-refractivity contribution in [1.29, 1.82) is 0 Å². The molecule has 0 aliphatic rings. The van der Waals surface area contributed by atoms with E-state index in [2.05, 4.69) is 0 Å². The quantitative estimate of drug-likeness (QED) is 0.571. The Kier molecular flexibility index (Phi) is 8.79. The molecular weight excluding hydrogens is 120 g/mol. The lowest BCUT2D eigenvalue weighted by Gasteiger charge is -1.79. The van der Waals surface area contributed by atoms with Gasteiger partial charge in [0.2, 0.25) is 0 Å². The Morgan fingerprint density at radius 1 is 1.67 bits per heavy atom. The number of hydrogen-bond acceptors (Lipinski definition) is 1. The molecule has 0 rings (SSSR count). The van der Waals surface area contributed by atoms with Gasteiger partial charge < -0.3 is 10.6 Å². The molecule has 0 saturated heterocycles. The van der Waals surface area contributed by atoms with Crippen molar-refractivity contribution in [3.8, 4) is 0 Å². The van der Waals surface area contributed by atoms with E-state index in [1.165, 1.54) is 6.08 Å². The Morgan fingerprint density at radius 3 is 2.56 bits per heavy atom. The summed E-state index contributed by atoms with van der Waals surface area (Å²) >= 11 is 0. The zero-order valence-corrected chi connectivity index (χ0v) is 5.42. The number of rotatable bonds is 3. The van der Waals surface area contributed by atoms with Gasteiger partial charge in [-0.25, -0.2) is 4.79 Å². The molecule has 0 heterocycles. The van der Waals surface area contributed by atoms with E-state index >= 15 is 0 Å². The van der Waals surface area contributed by atoms with Crippen LogP contribution >= 0.6 is 0 Å². The smallest absolute Gasteiger partial charge is 0.327 e. The second kappa shape index (κ2) is 7.17. The van der Waals surface area contributed by atoms with Crippen molar-refractivity contribution < 1.29 is 15.4 Å². The molecule has 0 aromatic carbocycles. The normalized spacial score (nSPS) is 9.00. The van der Waals surface area contributed by atoms with Crippen LogP contribution in [0.2, 0.25) is 0 Å². The lowest BCUT2D eigenvalue weighted by atomic mass is 10.3. The van der Waals surface area contributed by atoms with Crippen LogP contribution in [-0.2, 0) is 4.79 Å². The van der Waals surface area contributed by atoms with Crippen molar-refractivity contribution in [2.24, 2.45) is 0 Å². The van der Waals surface area contributed by atoms with Gasteiger partial charge in [-0.15, -0.1) is 0 Å². The minimum atomic E-state index is -0.863. The van der Waals surface area contributed by atoms with Gasteiger partial charge in [-0.05, 0) is 6.42 Å². The summed E-state index contributed by atoms with van der Waals surface area (Å²) in [6, 6.07) is 0. The molecule has 0 saturated carbocycles. The first-order chi connectivity index (χ1) is 3.77. The highest BCUT2D eigenvalue weighted by Gasteiger charge is 1.81. The SMILES string of the molecule is CCCC=CC(=O)O.O. The van der Waals surface area contributed by atoms with E-state index in [1.54, 1.807) is 6.08 Å². The summed E-state index contributed by atoms with van der Waals surface area (Å²) in [7, 11) is 0. The summed E-state index contributed by atoms with van der Waals surface area (Å²) in [4.78, 5) is 9.79. The molecule has 0 unspecified atom stereocenters. The highest BCUT2D eigenvalue weighted by Crippen LogP contribution is 1.86. The van der Waals surface area contributed by atoms with Crippen molar-refractivity contribution in [2.75, 3.05) is 0 Å². The summed E-state index contributed by atoms with van der Waals surface area (Å²) < 4.78 is 0. The second-order valence-corrected chi connectivity index (χ2v) is 1.53. The first kappa shape index (κ1) is 11.0. The molecule has 0 aromatic heterocycles. The zero-order chi connectivity index (χ0) is 6.41. The lowest BCUT2D eigenvalue weighted by Crippen LogP contribution is -1.84. The molecule has 0 spiro atoms. The average molecular weight is 132 g/mol. The van der Waals surface area contributed by atoms with Gasteiger partial charge in [0, 0.05) is 6.08 Å². The lowest BCUT2D eigenvalue weighted by molar-refractivity contribution is -0.131. The first-order valence-electron chi connectivity index (χ1n) is 2.67. The van der Waals surface area contributed by atoms with Gasteiger partial charge in [0.1, 0.15) is 0 Å². The van der Waals surface area contributed by atoms with Gasteiger partial charge in [0.05, 0.1) is 0 Å². The second-order valence-electron chi connectivity index (χ2n) is 1.53. The number of carboxylic acids is 1. The molecule has 9 heavy (non-hydrogen) atoms. The third-order valence-corrected chi connectivity index (χ3v) is 0.716. The Bertz CT molecular complexity index is 96.5. The summed E-state index contributed by atoms with van der Waals surface area (Å²) in [5.74, 6) is -0.863. The van der Waals surface area contributed by atoms with Crippen molar-refractivity contribution in [2.45, 2.75) is 19.8 Å². The van der Waals surface area contributed by atoms with E-state index in [0.29, 0.717) is 0 Å². The molecule has 0 aliphatic heterocycles. The predicted octanol–water partition coefficient (Wildman–Crippen LogP) is 0.603. The maximum atomic E-state index is 9.79. The summed E-state index contributed by atoms with van der Waals surface area (Å²) in [6.45, 7) is 2.01. The van der Waals surface area contributed by atoms with Crippen LogP contribution in [-0.4, -0.2) is 16.6 Å². The fraction of sp³-hybridized carbons (Fsp3) is 0.500. The minimum Gasteiger partial charge on any atom is -0.478 e. The minimum absolute atomic E-state index is 0. The van der Waals surface area contributed by atoms with E-state index in [1.807, 2.05) is 6.92 Å². The van der Waals surface area contributed by atoms with Crippen LogP contribution in [0.3, 0.4) is 0 Å². The van der Waals surface area contributed by atoms with E-state index in [9.17, 15) is 4.79 Å². The number of hydrogen-bond donors (Lipinski definition) is 1. The van der Waals surface area contributed by atoms with Crippen LogP contribution in [0.4, 0.5) is 0 Å². The van der Waals surface area contributed by atoms with Gasteiger partial charge in [-0.1, -0.05) is 19.4 Å². The monoisotopic (exact) mass is 132 g/mol. The highest BCUT2D eigenvalue weighted by atomic mass is 16.4. The molecule has 0 radical (unpaired) electrons. The van der Waals surface area contributed by atoms with E-state index in [-0.39, 0.29) is 5.48 Å². The van der Waals surface area contributed by atoms with Gasteiger partial charge >= 0.3 is 5.97 Å². The first-order valence-corrected chi connectivity index (χ1v) is 2.67. The van der Waals surface area contributed by atoms with Gasteiger partial charge in [0.25, 0.3) is 0 Å². The molecule has 0 fully saturated rings. The zero-order valence-electron chi connectivity index (χ0n) is 5.42. The molecule has 3 heteroatoms. The number of unbranched alkanes of at least 4 members (excludes halogenated alkanes) is 1. The molecule has 0 aromatic rings. The Balaban J connectivity index is 0. The van der Waals surface area contributed by atoms with Crippen LogP contribution in [0.15, 0.2) is 12.2 Å². The standard InChI is InChI=1S/C6H10O2.H2O/c1-2-3-4-5-6(7)8;/h4-5H,2-3H2,1H3,(H,7,8);1H2. The Morgan fingerprint density at radius 2 is 2.22 bits per heavy atom. The van der Waals surface area contributed by atoms with Crippen LogP contribution in [0.1, 0.15) is 19.8 Å². The number of allylic oxidation sites excluding steroid dienone is 1. The number of aliphatic carboxylic acids is 1. The molecule has 3 N–H and O–H groups in total. The highest BCUT2D eigenvalue weighted by molar-refractivity contribution is 5.79. The Hall–Kier alpha value is -0.830. The molecule has 3 nitrogen and oxygen atoms in total. The van der Waals surface area contributed by atoms with Gasteiger partial charge in [0.15, 0.2) is 0 Å². The molecular formula is C6H12O3. The fourth-order valence-corrected chi connectivity index (χ4v) is 0.351. The summed E-state index contributed by atoms with van der Waals surface area (Å²) in [5.41, 5.74) is 0. The van der Waals surface area contributed by atoms with Gasteiger partial charge in [-0.2, -0.15) is 0 Å². The van der Waals surface area contributed by atoms with E-state index in [4.69, 9.17) is 5.11 Å². The molecule has 0 amide bonds. The van der Waals surface area contributed by atoms with E-state index in [0.717, 1.165) is 12.8 Å². The van der Waals surface area contributed by atoms with Crippen molar-refractivity contribution in [3.63, 3.8) is 0 Å². The van der Waals surface area contributed by atoms with Crippen LogP contribution in [0, 0.1) is 0 Å². The van der Waals surface area contributed by atoms with Crippen LogP contribution in [0.5, 0.6) is 0 Å². The predicted molar refractivity (Wildman–Crippen MR) is 35.3 cm³/mol. The van der Waals surface area contributed by atoms with Crippen LogP contribution < -0.4 is 0 Å². The van der Waals surface area contributed by atoms with Gasteiger partial charge in [-0.3, -0.25) is 0 Å².